The van der Waals surface area contributed by atoms with Crippen molar-refractivity contribution in [3.63, 3.8) is 0 Å². The van der Waals surface area contributed by atoms with Crippen LogP contribution >= 0.6 is 0 Å². The molecule has 0 aliphatic heterocycles. The van der Waals surface area contributed by atoms with Gasteiger partial charge in [0.05, 0.1) is 5.56 Å². The van der Waals surface area contributed by atoms with Crippen LogP contribution in [0, 0.1) is 0 Å². The number of alkyl carbamates (subject to hydrolysis) is 1. The molecule has 7 nitrogen and oxygen atoms in total. The average Bonchev–Trinajstić information content (AvgIpc) is 3.23. The lowest BCUT2D eigenvalue weighted by molar-refractivity contribution is 0.0194. The Morgan fingerprint density at radius 2 is 1.42 bits per heavy atom. The monoisotopic (exact) mass is 483 g/mol. The van der Waals surface area contributed by atoms with Gasteiger partial charge in [-0.1, -0.05) is 78.9 Å². The van der Waals surface area contributed by atoms with Crippen molar-refractivity contribution in [3.8, 4) is 11.1 Å². The van der Waals surface area contributed by atoms with E-state index in [4.69, 9.17) is 4.74 Å². The van der Waals surface area contributed by atoms with Gasteiger partial charge in [-0.05, 0) is 44.7 Å². The Morgan fingerprint density at radius 1 is 0.806 bits per heavy atom. The van der Waals surface area contributed by atoms with Crippen LogP contribution in [0.2, 0.25) is 0 Å². The zero-order valence-electron chi connectivity index (χ0n) is 19.3. The second kappa shape index (κ2) is 9.81. The van der Waals surface area contributed by atoms with Crippen molar-refractivity contribution in [1.29, 1.82) is 0 Å². The molecular formula is C29H25NO6. The maximum absolute atomic E-state index is 12.4. The lowest BCUT2D eigenvalue weighted by Crippen LogP contribution is -2.36. The minimum absolute atomic E-state index is 0.0854. The van der Waals surface area contributed by atoms with Gasteiger partial charge < -0.3 is 25.4 Å². The van der Waals surface area contributed by atoms with Gasteiger partial charge in [-0.3, -0.25) is 0 Å². The van der Waals surface area contributed by atoms with E-state index >= 15 is 0 Å². The first-order valence-electron chi connectivity index (χ1n) is 11.7. The number of carboxylic acid groups (broad SMARTS) is 1. The Morgan fingerprint density at radius 3 is 2.08 bits per heavy atom. The number of carbonyl (C=O) groups excluding carboxylic acids is 1. The molecule has 4 aromatic rings. The molecular weight excluding hydrogens is 458 g/mol. The summed E-state index contributed by atoms with van der Waals surface area (Å²) in [5, 5.41) is 34.2. The Labute approximate surface area is 207 Å². The molecule has 0 radical (unpaired) electrons. The van der Waals surface area contributed by atoms with Crippen molar-refractivity contribution in [2.75, 3.05) is 13.2 Å². The minimum atomic E-state index is -1.34. The summed E-state index contributed by atoms with van der Waals surface area (Å²) in [6.07, 6.45) is -3.37. The Bertz CT molecular complexity index is 1400. The second-order valence-corrected chi connectivity index (χ2v) is 8.77. The molecule has 1 aliphatic carbocycles. The standard InChI is InChI=1S/C29H25NO6/c31-26(27(32)23-13-5-12-20-19(23)11-6-14-24(20)28(33)34)15-30-29(35)36-16-25-21-9-3-1-7-17(21)18-8-2-4-10-22(18)25/h1-14,25-27,31-32H,15-16H2,(H,30,35)(H,33,34). The molecule has 5 rings (SSSR count). The summed E-state index contributed by atoms with van der Waals surface area (Å²) in [5.41, 5.74) is 4.92. The molecule has 0 heterocycles. The number of aliphatic hydroxyl groups is 2. The fraction of sp³-hybridized carbons (Fsp3) is 0.172. The summed E-state index contributed by atoms with van der Waals surface area (Å²) in [6.45, 7) is -0.105. The van der Waals surface area contributed by atoms with Gasteiger partial charge in [-0.2, -0.15) is 0 Å². The van der Waals surface area contributed by atoms with Crippen LogP contribution in [-0.4, -0.2) is 46.6 Å². The maximum Gasteiger partial charge on any atom is 0.407 e. The predicted molar refractivity (Wildman–Crippen MR) is 135 cm³/mol. The molecule has 0 aromatic heterocycles. The van der Waals surface area contributed by atoms with Crippen LogP contribution in [0.1, 0.15) is 39.1 Å². The van der Waals surface area contributed by atoms with Crippen LogP contribution in [0.5, 0.6) is 0 Å². The van der Waals surface area contributed by atoms with Crippen LogP contribution in [0.4, 0.5) is 4.79 Å². The first-order valence-corrected chi connectivity index (χ1v) is 11.7. The van der Waals surface area contributed by atoms with E-state index in [0.717, 1.165) is 22.3 Å². The first-order chi connectivity index (χ1) is 17.5. The highest BCUT2D eigenvalue weighted by atomic mass is 16.5. The fourth-order valence-electron chi connectivity index (χ4n) is 4.93. The Balaban J connectivity index is 1.23. The van der Waals surface area contributed by atoms with E-state index in [1.165, 1.54) is 6.07 Å². The minimum Gasteiger partial charge on any atom is -0.478 e. The normalized spacial score (nSPS) is 14.1. The summed E-state index contributed by atoms with van der Waals surface area (Å²) >= 11 is 0. The van der Waals surface area contributed by atoms with E-state index in [9.17, 15) is 24.9 Å². The number of amides is 1. The van der Waals surface area contributed by atoms with E-state index in [0.29, 0.717) is 16.3 Å². The number of hydrogen-bond acceptors (Lipinski definition) is 5. The lowest BCUT2D eigenvalue weighted by Gasteiger charge is -2.21. The quantitative estimate of drug-likeness (QED) is 0.308. The molecule has 0 saturated heterocycles. The zero-order chi connectivity index (χ0) is 25.2. The molecule has 4 aromatic carbocycles. The molecule has 182 valence electrons. The van der Waals surface area contributed by atoms with Gasteiger partial charge in [0.1, 0.15) is 18.8 Å². The highest BCUT2D eigenvalue weighted by Crippen LogP contribution is 2.44. The number of fused-ring (bicyclic) bond motifs is 4. The van der Waals surface area contributed by atoms with Gasteiger partial charge in [0.15, 0.2) is 0 Å². The molecule has 7 heteroatoms. The summed E-state index contributed by atoms with van der Waals surface area (Å²) in [6, 6.07) is 25.7. The Hall–Kier alpha value is -4.20. The number of aromatic carboxylic acids is 1. The molecule has 0 fully saturated rings. The van der Waals surface area contributed by atoms with Gasteiger partial charge in [0.25, 0.3) is 0 Å². The average molecular weight is 484 g/mol. The second-order valence-electron chi connectivity index (χ2n) is 8.77. The van der Waals surface area contributed by atoms with Crippen molar-refractivity contribution < 1.29 is 29.6 Å². The lowest BCUT2D eigenvalue weighted by atomic mass is 9.95. The Kier molecular flexibility index (Phi) is 6.41. The molecule has 2 unspecified atom stereocenters. The third-order valence-corrected chi connectivity index (χ3v) is 6.67. The number of hydrogen-bond donors (Lipinski definition) is 4. The molecule has 0 spiro atoms. The van der Waals surface area contributed by atoms with Crippen LogP contribution in [0.15, 0.2) is 84.9 Å². The van der Waals surface area contributed by atoms with Crippen molar-refractivity contribution >= 4 is 22.8 Å². The van der Waals surface area contributed by atoms with E-state index in [2.05, 4.69) is 17.4 Å². The number of aliphatic hydroxyl groups excluding tert-OH is 2. The molecule has 36 heavy (non-hydrogen) atoms. The third kappa shape index (κ3) is 4.30. The van der Waals surface area contributed by atoms with E-state index in [1.54, 1.807) is 30.3 Å². The number of rotatable bonds is 7. The topological polar surface area (TPSA) is 116 Å². The van der Waals surface area contributed by atoms with Gasteiger partial charge in [-0.25, -0.2) is 9.59 Å². The number of carbonyl (C=O) groups is 2. The zero-order valence-corrected chi connectivity index (χ0v) is 19.3. The molecule has 0 bridgehead atoms. The number of ether oxygens (including phenoxy) is 1. The summed E-state index contributed by atoms with van der Waals surface area (Å²) in [7, 11) is 0. The fourth-order valence-corrected chi connectivity index (χ4v) is 4.93. The SMILES string of the molecule is O=C(NCC(O)C(O)c1cccc2c(C(=O)O)cccc12)OCC1c2ccccc2-c2ccccc21. The van der Waals surface area contributed by atoms with Crippen molar-refractivity contribution in [2.45, 2.75) is 18.1 Å². The highest BCUT2D eigenvalue weighted by Gasteiger charge is 2.29. The first kappa shape index (κ1) is 23.5. The van der Waals surface area contributed by atoms with Crippen LogP contribution in [0.3, 0.4) is 0 Å². The number of benzene rings is 4. The summed E-state index contributed by atoms with van der Waals surface area (Å²) in [4.78, 5) is 24.0. The molecule has 0 saturated carbocycles. The van der Waals surface area contributed by atoms with Crippen molar-refractivity contribution in [3.05, 3.63) is 107 Å². The van der Waals surface area contributed by atoms with Crippen LogP contribution in [0.25, 0.3) is 21.9 Å². The van der Waals surface area contributed by atoms with Crippen LogP contribution in [-0.2, 0) is 4.74 Å². The van der Waals surface area contributed by atoms with Crippen LogP contribution < -0.4 is 5.32 Å². The van der Waals surface area contributed by atoms with Gasteiger partial charge in [0.2, 0.25) is 0 Å². The largest absolute Gasteiger partial charge is 0.478 e. The van der Waals surface area contributed by atoms with E-state index < -0.39 is 24.3 Å². The highest BCUT2D eigenvalue weighted by molar-refractivity contribution is 6.04. The van der Waals surface area contributed by atoms with Crippen molar-refractivity contribution in [1.82, 2.24) is 5.32 Å². The number of carboxylic acids is 1. The van der Waals surface area contributed by atoms with Gasteiger partial charge >= 0.3 is 12.1 Å². The summed E-state index contributed by atoms with van der Waals surface area (Å²) < 4.78 is 5.48. The molecule has 1 amide bonds. The summed E-state index contributed by atoms with van der Waals surface area (Å²) in [5.74, 6) is -1.16. The molecule has 1 aliphatic rings. The molecule has 2 atom stereocenters. The maximum atomic E-state index is 12.4. The molecule has 4 N–H and O–H groups in total. The number of nitrogens with one attached hydrogen (secondary N) is 1. The van der Waals surface area contributed by atoms with Gasteiger partial charge in [0, 0.05) is 12.5 Å². The van der Waals surface area contributed by atoms with E-state index in [-0.39, 0.29) is 24.6 Å². The van der Waals surface area contributed by atoms with Crippen molar-refractivity contribution in [2.24, 2.45) is 0 Å². The van der Waals surface area contributed by atoms with E-state index in [1.807, 2.05) is 36.4 Å². The van der Waals surface area contributed by atoms with Gasteiger partial charge in [-0.15, -0.1) is 0 Å². The smallest absolute Gasteiger partial charge is 0.407 e. The third-order valence-electron chi connectivity index (χ3n) is 6.67. The predicted octanol–water partition coefficient (Wildman–Crippen LogP) is 4.47.